The highest BCUT2D eigenvalue weighted by molar-refractivity contribution is 5.94. The Morgan fingerprint density at radius 2 is 1.80 bits per heavy atom. The van der Waals surface area contributed by atoms with Crippen LogP contribution in [0, 0.1) is 29.6 Å². The fourth-order valence-corrected chi connectivity index (χ4v) is 5.41. The van der Waals surface area contributed by atoms with Gasteiger partial charge in [-0.2, -0.15) is 10.5 Å². The van der Waals surface area contributed by atoms with Gasteiger partial charge in [-0.15, -0.1) is 0 Å². The van der Waals surface area contributed by atoms with Crippen LogP contribution in [-0.2, 0) is 0 Å². The molecule has 200 valence electrons. The molecule has 3 heterocycles. The number of nitrogens with zero attached hydrogens (tertiary/aromatic N) is 5. The van der Waals surface area contributed by atoms with Crippen molar-refractivity contribution in [2.24, 2.45) is 0 Å². The summed E-state index contributed by atoms with van der Waals surface area (Å²) in [5.41, 5.74) is 4.43. The molecule has 0 unspecified atom stereocenters. The first kappa shape index (κ1) is 26.5. The summed E-state index contributed by atoms with van der Waals surface area (Å²) in [6, 6.07) is 20.0. The van der Waals surface area contributed by atoms with Crippen LogP contribution in [0.1, 0.15) is 70.0 Å². The van der Waals surface area contributed by atoms with Gasteiger partial charge in [-0.3, -0.25) is 9.20 Å². The molecule has 2 aromatic carbocycles. The van der Waals surface area contributed by atoms with Crippen LogP contribution in [0.25, 0.3) is 5.65 Å². The zero-order chi connectivity index (χ0) is 28.4. The van der Waals surface area contributed by atoms with Gasteiger partial charge in [-0.25, -0.2) is 9.78 Å². The summed E-state index contributed by atoms with van der Waals surface area (Å²) in [6.07, 6.45) is 3.13. The minimum atomic E-state index is -1.04. The number of aromatic carboxylic acids is 1. The summed E-state index contributed by atoms with van der Waals surface area (Å²) in [6.45, 7) is 5.22. The minimum Gasteiger partial charge on any atom is -0.478 e. The fourth-order valence-electron chi connectivity index (χ4n) is 5.41. The summed E-state index contributed by atoms with van der Waals surface area (Å²) >= 11 is 0. The third-order valence-corrected chi connectivity index (χ3v) is 7.47. The monoisotopic (exact) mass is 532 g/mol. The molecule has 0 bridgehead atoms. The number of aromatic nitrogens is 2. The predicted octanol–water partition coefficient (Wildman–Crippen LogP) is 5.00. The molecule has 1 aliphatic rings. The molecule has 1 aliphatic heterocycles. The third kappa shape index (κ3) is 4.97. The predicted molar refractivity (Wildman–Crippen MR) is 152 cm³/mol. The number of aryl methyl sites for hydroxylation is 1. The van der Waals surface area contributed by atoms with Gasteiger partial charge in [0.25, 0.3) is 5.56 Å². The van der Waals surface area contributed by atoms with Gasteiger partial charge in [0.2, 0.25) is 0 Å². The van der Waals surface area contributed by atoms with Crippen LogP contribution in [0.15, 0.2) is 65.6 Å². The molecule has 0 radical (unpaired) electrons. The van der Waals surface area contributed by atoms with Gasteiger partial charge in [0.1, 0.15) is 17.3 Å². The Morgan fingerprint density at radius 3 is 2.45 bits per heavy atom. The molecule has 0 spiro atoms. The smallest absolute Gasteiger partial charge is 0.337 e. The maximum absolute atomic E-state index is 13.6. The van der Waals surface area contributed by atoms with E-state index in [1.165, 1.54) is 10.5 Å². The normalized spacial score (nSPS) is 14.3. The van der Waals surface area contributed by atoms with Crippen molar-refractivity contribution in [2.75, 3.05) is 23.3 Å². The number of hydrogen-bond acceptors (Lipinski definition) is 7. The molecule has 9 heteroatoms. The maximum Gasteiger partial charge on any atom is 0.337 e. The number of nitrogens with one attached hydrogen (secondary N) is 1. The van der Waals surface area contributed by atoms with Crippen LogP contribution in [0.4, 0.5) is 11.4 Å². The number of hydrogen-bond donors (Lipinski definition) is 2. The van der Waals surface area contributed by atoms with Gasteiger partial charge >= 0.3 is 5.97 Å². The number of nitriles is 2. The average molecular weight is 533 g/mol. The van der Waals surface area contributed by atoms with Crippen LogP contribution < -0.4 is 15.8 Å². The Hall–Kier alpha value is -5.15. The van der Waals surface area contributed by atoms with Gasteiger partial charge in [-0.05, 0) is 74.7 Å². The van der Waals surface area contributed by atoms with Gasteiger partial charge in [-0.1, -0.05) is 12.1 Å². The van der Waals surface area contributed by atoms with E-state index in [4.69, 9.17) is 10.2 Å². The summed E-state index contributed by atoms with van der Waals surface area (Å²) in [7, 11) is 0. The van der Waals surface area contributed by atoms with Gasteiger partial charge in [0.05, 0.1) is 28.9 Å². The van der Waals surface area contributed by atoms with Crippen LogP contribution in [0.2, 0.25) is 0 Å². The molecule has 0 saturated carbocycles. The van der Waals surface area contributed by atoms with Crippen molar-refractivity contribution in [3.63, 3.8) is 0 Å². The van der Waals surface area contributed by atoms with Crippen molar-refractivity contribution in [3.05, 3.63) is 105 Å². The Balaban J connectivity index is 1.50. The molecule has 0 aliphatic carbocycles. The number of anilines is 2. The molecule has 1 fully saturated rings. The quantitative estimate of drug-likeness (QED) is 0.354. The van der Waals surface area contributed by atoms with E-state index in [1.54, 1.807) is 36.5 Å². The Labute approximate surface area is 231 Å². The standard InChI is InChI=1S/C31H28N6O3/c1-19-15-25(20(2)34-27-6-4-3-5-24(27)31(39)40)29-35-28(26(17-33)30(38)37(29)18-19)22-11-13-36(14-12-22)23-9-7-21(16-32)8-10-23/h3-10,15,18,20,22,34H,11-14H2,1-2H3,(H,39,40)/t20-/m1/s1. The highest BCUT2D eigenvalue weighted by Gasteiger charge is 2.27. The number of fused-ring (bicyclic) bond motifs is 1. The van der Waals surface area contributed by atoms with Crippen LogP contribution in [0.5, 0.6) is 0 Å². The lowest BCUT2D eigenvalue weighted by atomic mass is 9.90. The van der Waals surface area contributed by atoms with E-state index in [0.29, 0.717) is 22.6 Å². The molecule has 2 N–H and O–H groups in total. The van der Waals surface area contributed by atoms with Gasteiger partial charge in [0.15, 0.2) is 0 Å². The largest absolute Gasteiger partial charge is 0.478 e. The molecule has 5 rings (SSSR count). The van der Waals surface area contributed by atoms with Crippen molar-refractivity contribution in [1.29, 1.82) is 10.5 Å². The SMILES string of the molecule is Cc1cc([C@@H](C)Nc2ccccc2C(=O)O)c2nc(C3CCN(c4ccc(C#N)cc4)CC3)c(C#N)c(=O)n2c1. The number of piperidine rings is 1. The van der Waals surface area contributed by atoms with Crippen molar-refractivity contribution in [1.82, 2.24) is 9.38 Å². The van der Waals surface area contributed by atoms with E-state index < -0.39 is 11.5 Å². The second-order valence-electron chi connectivity index (χ2n) is 10.1. The molecule has 1 saturated heterocycles. The highest BCUT2D eigenvalue weighted by Crippen LogP contribution is 2.32. The number of pyridine rings is 1. The van der Waals surface area contributed by atoms with Crippen molar-refractivity contribution in [3.8, 4) is 12.1 Å². The summed E-state index contributed by atoms with van der Waals surface area (Å²) in [5.74, 6) is -1.10. The summed E-state index contributed by atoms with van der Waals surface area (Å²) in [5, 5.41) is 31.9. The van der Waals surface area contributed by atoms with Crippen LogP contribution >= 0.6 is 0 Å². The lowest BCUT2D eigenvalue weighted by molar-refractivity contribution is 0.0698. The van der Waals surface area contributed by atoms with Crippen LogP contribution in [-0.4, -0.2) is 33.6 Å². The van der Waals surface area contributed by atoms with E-state index in [2.05, 4.69) is 22.4 Å². The van der Waals surface area contributed by atoms with Crippen LogP contribution in [0.3, 0.4) is 0 Å². The molecule has 9 nitrogen and oxygen atoms in total. The second kappa shape index (κ2) is 10.9. The van der Waals surface area contributed by atoms with E-state index >= 15 is 0 Å². The zero-order valence-corrected chi connectivity index (χ0v) is 22.3. The molecule has 1 atom stereocenters. The van der Waals surface area contributed by atoms with E-state index in [-0.39, 0.29) is 23.1 Å². The highest BCUT2D eigenvalue weighted by atomic mass is 16.4. The van der Waals surface area contributed by atoms with Crippen molar-refractivity contribution < 1.29 is 9.90 Å². The van der Waals surface area contributed by atoms with Crippen molar-refractivity contribution >= 4 is 23.0 Å². The number of para-hydroxylation sites is 1. The molecule has 2 aromatic heterocycles. The Morgan fingerprint density at radius 1 is 1.10 bits per heavy atom. The van der Waals surface area contributed by atoms with Gasteiger partial charge < -0.3 is 15.3 Å². The first-order valence-corrected chi connectivity index (χ1v) is 13.1. The second-order valence-corrected chi connectivity index (χ2v) is 10.1. The first-order valence-electron chi connectivity index (χ1n) is 13.1. The Bertz CT molecular complexity index is 1740. The number of carboxylic acids is 1. The number of benzene rings is 2. The van der Waals surface area contributed by atoms with E-state index in [0.717, 1.165) is 42.7 Å². The Kier molecular flexibility index (Phi) is 7.22. The number of carbonyl (C=O) groups is 1. The first-order chi connectivity index (χ1) is 19.3. The molecule has 40 heavy (non-hydrogen) atoms. The van der Waals surface area contributed by atoms with E-state index in [1.807, 2.05) is 32.0 Å². The third-order valence-electron chi connectivity index (χ3n) is 7.47. The lowest BCUT2D eigenvalue weighted by Crippen LogP contribution is -2.34. The van der Waals surface area contributed by atoms with Crippen molar-refractivity contribution in [2.45, 2.75) is 38.6 Å². The number of carboxylic acid groups (broad SMARTS) is 1. The molecule has 4 aromatic rings. The molecule has 0 amide bonds. The number of rotatable bonds is 6. The lowest BCUT2D eigenvalue weighted by Gasteiger charge is -2.33. The minimum absolute atomic E-state index is 0.0581. The fraction of sp³-hybridized carbons (Fsp3) is 0.258. The summed E-state index contributed by atoms with van der Waals surface area (Å²) < 4.78 is 1.43. The topological polar surface area (TPSA) is 135 Å². The molecular weight excluding hydrogens is 504 g/mol. The van der Waals surface area contributed by atoms with E-state index in [9.17, 15) is 20.0 Å². The zero-order valence-electron chi connectivity index (χ0n) is 22.3. The summed E-state index contributed by atoms with van der Waals surface area (Å²) in [4.78, 5) is 32.5. The maximum atomic E-state index is 13.6. The average Bonchev–Trinajstić information content (AvgIpc) is 2.97. The van der Waals surface area contributed by atoms with Gasteiger partial charge in [0, 0.05) is 42.1 Å². The molecular formula is C31H28N6O3.